The Labute approximate surface area is 208 Å². The van der Waals surface area contributed by atoms with Gasteiger partial charge in [-0.25, -0.2) is 9.66 Å². The second-order valence-electron chi connectivity index (χ2n) is 8.02. The number of hydrogen-bond acceptors (Lipinski definition) is 8. The highest BCUT2D eigenvalue weighted by atomic mass is 32.3. The molecule has 182 valence electrons. The van der Waals surface area contributed by atoms with E-state index in [4.69, 9.17) is 9.44 Å². The lowest BCUT2D eigenvalue weighted by Crippen LogP contribution is -2.35. The second kappa shape index (κ2) is 8.71. The van der Waals surface area contributed by atoms with Gasteiger partial charge in [-0.2, -0.15) is 22.1 Å². The van der Waals surface area contributed by atoms with Crippen LogP contribution in [0.25, 0.3) is 0 Å². The number of benzene rings is 3. The van der Waals surface area contributed by atoms with Crippen molar-refractivity contribution in [1.82, 2.24) is 9.66 Å². The molecule has 0 aliphatic carbocycles. The van der Waals surface area contributed by atoms with Crippen molar-refractivity contribution in [3.8, 4) is 11.8 Å². The summed E-state index contributed by atoms with van der Waals surface area (Å²) < 4.78 is 59.3. The number of hydrogen-bond donors (Lipinski definition) is 0. The molecule has 0 saturated carbocycles. The van der Waals surface area contributed by atoms with Crippen molar-refractivity contribution in [1.29, 1.82) is 5.26 Å². The maximum atomic E-state index is 13.3. The molecule has 4 aromatic rings. The summed E-state index contributed by atoms with van der Waals surface area (Å²) in [6.45, 7) is 2.03. The Hall–Kier alpha value is -4.34. The van der Waals surface area contributed by atoms with E-state index in [9.17, 15) is 16.8 Å². The molecule has 12 heteroatoms. The van der Waals surface area contributed by atoms with E-state index in [0.717, 1.165) is 11.3 Å². The molecule has 0 unspecified atom stereocenters. The summed E-state index contributed by atoms with van der Waals surface area (Å²) in [5.41, 5.74) is 2.58. The van der Waals surface area contributed by atoms with Crippen molar-refractivity contribution in [2.24, 2.45) is 0 Å². The molecule has 0 N–H and O–H groups in total. The van der Waals surface area contributed by atoms with Crippen molar-refractivity contribution in [2.75, 3.05) is 8.72 Å². The third-order valence-corrected chi connectivity index (χ3v) is 9.18. The van der Waals surface area contributed by atoms with Crippen LogP contribution in [0.3, 0.4) is 0 Å². The normalized spacial score (nSPS) is 14.1. The van der Waals surface area contributed by atoms with E-state index in [0.29, 0.717) is 14.8 Å². The first-order chi connectivity index (χ1) is 17.2. The fraction of sp³-hybridized carbons (Fsp3) is 0.0833. The molecule has 1 aliphatic heterocycles. The fourth-order valence-corrected chi connectivity index (χ4v) is 6.98. The zero-order chi connectivity index (χ0) is 25.5. The van der Waals surface area contributed by atoms with E-state index in [2.05, 4.69) is 11.1 Å². The average Bonchev–Trinajstić information content (AvgIpc) is 3.47. The van der Waals surface area contributed by atoms with Crippen LogP contribution in [0.4, 0.5) is 11.4 Å². The number of nitriles is 1. The molecule has 1 aromatic heterocycles. The zero-order valence-electron chi connectivity index (χ0n) is 18.9. The summed E-state index contributed by atoms with van der Waals surface area (Å²) in [4.78, 5) is 3.92. The number of imidazole rings is 1. The maximum absolute atomic E-state index is 13.3. The Kier molecular flexibility index (Phi) is 5.66. The third-order valence-electron chi connectivity index (χ3n) is 5.55. The minimum absolute atomic E-state index is 0.0815. The first-order valence-corrected chi connectivity index (χ1v) is 13.4. The molecule has 3 aromatic carbocycles. The van der Waals surface area contributed by atoms with Gasteiger partial charge >= 0.3 is 10.3 Å². The van der Waals surface area contributed by atoms with Gasteiger partial charge in [-0.05, 0) is 61.0 Å². The Balaban J connectivity index is 1.55. The number of aryl methyl sites for hydroxylation is 1. The molecule has 0 radical (unpaired) electrons. The van der Waals surface area contributed by atoms with Crippen LogP contribution in [0.15, 0.2) is 90.3 Å². The van der Waals surface area contributed by atoms with Gasteiger partial charge in [0.1, 0.15) is 12.0 Å². The monoisotopic (exact) mass is 521 g/mol. The van der Waals surface area contributed by atoms with Gasteiger partial charge in [0.2, 0.25) is 0 Å². The van der Waals surface area contributed by atoms with E-state index in [1.165, 1.54) is 24.3 Å². The Morgan fingerprint density at radius 2 is 1.78 bits per heavy atom. The van der Waals surface area contributed by atoms with Crippen LogP contribution in [0.1, 0.15) is 16.7 Å². The average molecular weight is 522 g/mol. The molecular weight excluding hydrogens is 502 g/mol. The maximum Gasteiger partial charge on any atom is 0.423 e. The highest BCUT2D eigenvalue weighted by Crippen LogP contribution is 2.42. The molecule has 1 aliphatic rings. The number of anilines is 2. The van der Waals surface area contributed by atoms with E-state index < -0.39 is 20.3 Å². The van der Waals surface area contributed by atoms with Gasteiger partial charge in [-0.1, -0.05) is 23.8 Å². The van der Waals surface area contributed by atoms with Crippen LogP contribution in [-0.2, 0) is 26.9 Å². The Morgan fingerprint density at radius 1 is 1.06 bits per heavy atom. The molecule has 5 rings (SSSR count). The van der Waals surface area contributed by atoms with E-state index in [-0.39, 0.29) is 22.9 Å². The van der Waals surface area contributed by atoms with Crippen molar-refractivity contribution in [3.05, 3.63) is 102 Å². The predicted octanol–water partition coefficient (Wildman–Crippen LogP) is 3.37. The lowest BCUT2D eigenvalue weighted by atomic mass is 10.1. The zero-order valence-corrected chi connectivity index (χ0v) is 20.5. The van der Waals surface area contributed by atoms with Gasteiger partial charge in [-0.3, -0.25) is 5.01 Å². The summed E-state index contributed by atoms with van der Waals surface area (Å²) in [5.74, 6) is -0.0815. The molecule has 10 nitrogen and oxygen atoms in total. The number of fused-ring (bicyclic) bond motifs is 1. The molecule has 0 fully saturated rings. The minimum Gasteiger partial charge on any atom is -0.364 e. The van der Waals surface area contributed by atoms with Gasteiger partial charge < -0.3 is 4.18 Å². The van der Waals surface area contributed by atoms with Crippen LogP contribution in [0.5, 0.6) is 5.75 Å². The third kappa shape index (κ3) is 4.15. The summed E-state index contributed by atoms with van der Waals surface area (Å²) >= 11 is 0. The smallest absolute Gasteiger partial charge is 0.364 e. The predicted molar refractivity (Wildman–Crippen MR) is 132 cm³/mol. The van der Waals surface area contributed by atoms with Crippen LogP contribution < -0.4 is 12.9 Å². The van der Waals surface area contributed by atoms with E-state index in [1.807, 2.05) is 5.01 Å². The highest BCUT2D eigenvalue weighted by molar-refractivity contribution is 8.08. The number of sulfonamides is 1. The fourth-order valence-electron chi connectivity index (χ4n) is 3.78. The van der Waals surface area contributed by atoms with Gasteiger partial charge in [-0.15, -0.1) is 3.71 Å². The lowest BCUT2D eigenvalue weighted by Gasteiger charge is -2.26. The van der Waals surface area contributed by atoms with Gasteiger partial charge in [0, 0.05) is 12.4 Å². The summed E-state index contributed by atoms with van der Waals surface area (Å²) in [6, 6.07) is 19.4. The largest absolute Gasteiger partial charge is 0.423 e. The quantitative estimate of drug-likeness (QED) is 0.378. The van der Waals surface area contributed by atoms with Crippen LogP contribution >= 0.6 is 0 Å². The van der Waals surface area contributed by atoms with E-state index in [1.54, 1.807) is 72.8 Å². The molecular formula is C24H19N5O5S2. The SMILES string of the molecule is Cc1ccc(S(=O)(=O)N2c3cc(CN(c4ccc(C#N)cc4)n4ccnc4)ccc3OS2(=O)=O)cc1. The Bertz CT molecular complexity index is 1680. The molecule has 0 bridgehead atoms. The van der Waals surface area contributed by atoms with Gasteiger partial charge in [0.25, 0.3) is 10.0 Å². The second-order valence-corrected chi connectivity index (χ2v) is 11.4. The molecule has 0 spiro atoms. The van der Waals surface area contributed by atoms with Crippen molar-refractivity contribution >= 4 is 31.7 Å². The molecule has 0 amide bonds. The summed E-state index contributed by atoms with van der Waals surface area (Å²) in [5, 5.41) is 10.9. The molecule has 0 atom stereocenters. The van der Waals surface area contributed by atoms with Crippen molar-refractivity contribution < 1.29 is 21.0 Å². The van der Waals surface area contributed by atoms with Crippen LogP contribution in [0, 0.1) is 18.3 Å². The first kappa shape index (κ1) is 23.4. The van der Waals surface area contributed by atoms with Gasteiger partial charge in [0.15, 0.2) is 5.75 Å². The molecule has 0 saturated heterocycles. The molecule has 36 heavy (non-hydrogen) atoms. The number of aromatic nitrogens is 2. The minimum atomic E-state index is -4.62. The van der Waals surface area contributed by atoms with Crippen LogP contribution in [-0.4, -0.2) is 26.5 Å². The lowest BCUT2D eigenvalue weighted by molar-refractivity contribution is 0.500. The number of nitrogens with zero attached hydrogens (tertiary/aromatic N) is 5. The van der Waals surface area contributed by atoms with Gasteiger partial charge in [0.05, 0.1) is 28.8 Å². The topological polar surface area (TPSA) is 126 Å². The van der Waals surface area contributed by atoms with Crippen LogP contribution in [0.2, 0.25) is 0 Å². The standard InChI is InChI=1S/C24H19N5O5S2/c1-18-2-9-22(10-3-18)35(30,31)29-23-14-20(6-11-24(23)34-36(29,32)33)16-28(27-13-12-26-17-27)21-7-4-19(15-25)5-8-21/h2-14,17H,16H2,1H3. The summed E-state index contributed by atoms with van der Waals surface area (Å²) in [6.07, 6.45) is 4.93. The Morgan fingerprint density at radius 3 is 2.42 bits per heavy atom. The van der Waals surface area contributed by atoms with Crippen molar-refractivity contribution in [2.45, 2.75) is 18.4 Å². The highest BCUT2D eigenvalue weighted by Gasteiger charge is 2.45. The molecule has 2 heterocycles. The first-order valence-electron chi connectivity index (χ1n) is 10.6. The summed E-state index contributed by atoms with van der Waals surface area (Å²) in [7, 11) is -9.09. The van der Waals surface area contributed by atoms with E-state index >= 15 is 0 Å². The number of rotatable bonds is 6. The van der Waals surface area contributed by atoms with Crippen molar-refractivity contribution in [3.63, 3.8) is 0 Å².